The van der Waals surface area contributed by atoms with Crippen LogP contribution in [0.2, 0.25) is 0 Å². The lowest BCUT2D eigenvalue weighted by Crippen LogP contribution is -1.93. The minimum atomic E-state index is -0.874. The van der Waals surface area contributed by atoms with E-state index in [1.165, 1.54) is 17.4 Å². The summed E-state index contributed by atoms with van der Waals surface area (Å²) in [4.78, 5) is 5.42. The summed E-state index contributed by atoms with van der Waals surface area (Å²) in [6.07, 6.45) is 0. The van der Waals surface area contributed by atoms with Crippen LogP contribution in [0.3, 0.4) is 0 Å². The number of ether oxygens (including phenoxy) is 1. The first kappa shape index (κ1) is 16.4. The maximum atomic E-state index is 13.4. The van der Waals surface area contributed by atoms with Crippen LogP contribution >= 0.6 is 11.3 Å². The standard InChI is InChI=1S/C18H16F2N2OS/c1-3-23-14-7-5-13(6-8-14)21-18-22-17(11(2)24-18)12-4-9-15(19)16(20)10-12/h4-10H,3H2,1-2H3,(H,21,22). The SMILES string of the molecule is CCOc1ccc(Nc2nc(-c3ccc(F)c(F)c3)c(C)s2)cc1. The molecule has 2 aromatic carbocycles. The molecule has 6 heteroatoms. The lowest BCUT2D eigenvalue weighted by molar-refractivity contribution is 0.340. The summed E-state index contributed by atoms with van der Waals surface area (Å²) >= 11 is 1.46. The van der Waals surface area contributed by atoms with E-state index in [2.05, 4.69) is 10.3 Å². The van der Waals surface area contributed by atoms with E-state index in [0.29, 0.717) is 23.0 Å². The van der Waals surface area contributed by atoms with Gasteiger partial charge in [-0.2, -0.15) is 0 Å². The summed E-state index contributed by atoms with van der Waals surface area (Å²) < 4.78 is 31.9. The Morgan fingerprint density at radius 1 is 1.08 bits per heavy atom. The zero-order chi connectivity index (χ0) is 17.1. The second-order valence-electron chi connectivity index (χ2n) is 5.14. The van der Waals surface area contributed by atoms with Crippen LogP contribution in [0.25, 0.3) is 11.3 Å². The van der Waals surface area contributed by atoms with E-state index in [4.69, 9.17) is 4.74 Å². The highest BCUT2D eigenvalue weighted by atomic mass is 32.1. The molecule has 0 unspecified atom stereocenters. The van der Waals surface area contributed by atoms with Crippen molar-refractivity contribution in [2.75, 3.05) is 11.9 Å². The Morgan fingerprint density at radius 2 is 1.83 bits per heavy atom. The van der Waals surface area contributed by atoms with E-state index in [0.717, 1.165) is 28.4 Å². The van der Waals surface area contributed by atoms with Crippen molar-refractivity contribution >= 4 is 22.2 Å². The molecule has 1 aromatic heterocycles. The molecule has 0 amide bonds. The quantitative estimate of drug-likeness (QED) is 0.659. The highest BCUT2D eigenvalue weighted by molar-refractivity contribution is 7.16. The molecule has 0 radical (unpaired) electrons. The molecule has 0 fully saturated rings. The number of thiazole rings is 1. The van der Waals surface area contributed by atoms with Crippen LogP contribution in [0.15, 0.2) is 42.5 Å². The zero-order valence-electron chi connectivity index (χ0n) is 13.3. The third-order valence-electron chi connectivity index (χ3n) is 3.41. The number of halogens is 2. The van der Waals surface area contributed by atoms with Gasteiger partial charge in [-0.15, -0.1) is 11.3 Å². The topological polar surface area (TPSA) is 34.1 Å². The Hall–Kier alpha value is -2.47. The molecule has 0 saturated carbocycles. The highest BCUT2D eigenvalue weighted by Crippen LogP contribution is 2.32. The smallest absolute Gasteiger partial charge is 0.187 e. The number of nitrogens with one attached hydrogen (secondary N) is 1. The van der Waals surface area contributed by atoms with Crippen LogP contribution in [-0.4, -0.2) is 11.6 Å². The minimum absolute atomic E-state index is 0.558. The van der Waals surface area contributed by atoms with Crippen molar-refractivity contribution in [2.45, 2.75) is 13.8 Å². The summed E-state index contributed by atoms with van der Waals surface area (Å²) in [5.74, 6) is -0.930. The summed E-state index contributed by atoms with van der Waals surface area (Å²) in [5.41, 5.74) is 2.08. The number of aryl methyl sites for hydroxylation is 1. The molecule has 0 saturated heterocycles. The number of hydrogen-bond donors (Lipinski definition) is 1. The molecule has 3 aromatic rings. The lowest BCUT2D eigenvalue weighted by atomic mass is 10.1. The predicted molar refractivity (Wildman–Crippen MR) is 93.1 cm³/mol. The van der Waals surface area contributed by atoms with Crippen molar-refractivity contribution in [3.8, 4) is 17.0 Å². The van der Waals surface area contributed by atoms with Crippen molar-refractivity contribution in [1.82, 2.24) is 4.98 Å². The molecule has 1 N–H and O–H groups in total. The first-order valence-electron chi connectivity index (χ1n) is 7.49. The maximum Gasteiger partial charge on any atom is 0.187 e. The molecular weight excluding hydrogens is 330 g/mol. The average Bonchev–Trinajstić information content (AvgIpc) is 2.93. The Bertz CT molecular complexity index is 847. The van der Waals surface area contributed by atoms with E-state index in [1.54, 1.807) is 0 Å². The van der Waals surface area contributed by atoms with Gasteiger partial charge in [0.05, 0.1) is 12.3 Å². The Kier molecular flexibility index (Phi) is 4.76. The highest BCUT2D eigenvalue weighted by Gasteiger charge is 2.12. The first-order chi connectivity index (χ1) is 11.6. The van der Waals surface area contributed by atoms with Crippen molar-refractivity contribution < 1.29 is 13.5 Å². The van der Waals surface area contributed by atoms with Crippen LogP contribution in [0, 0.1) is 18.6 Å². The Balaban J connectivity index is 1.82. The lowest BCUT2D eigenvalue weighted by Gasteiger charge is -2.05. The second kappa shape index (κ2) is 6.97. The van der Waals surface area contributed by atoms with Crippen molar-refractivity contribution in [3.63, 3.8) is 0 Å². The molecule has 3 rings (SSSR count). The average molecular weight is 346 g/mol. The molecule has 3 nitrogen and oxygen atoms in total. The molecule has 0 spiro atoms. The van der Waals surface area contributed by atoms with Crippen LogP contribution in [-0.2, 0) is 0 Å². The molecule has 124 valence electrons. The fourth-order valence-electron chi connectivity index (χ4n) is 2.29. The number of benzene rings is 2. The zero-order valence-corrected chi connectivity index (χ0v) is 14.1. The van der Waals surface area contributed by atoms with Gasteiger partial charge >= 0.3 is 0 Å². The van der Waals surface area contributed by atoms with Gasteiger partial charge in [0.2, 0.25) is 0 Å². The molecule has 24 heavy (non-hydrogen) atoms. The van der Waals surface area contributed by atoms with Gasteiger partial charge in [-0.1, -0.05) is 0 Å². The van der Waals surface area contributed by atoms with Gasteiger partial charge in [0.25, 0.3) is 0 Å². The molecule has 0 aliphatic carbocycles. The van der Waals surface area contributed by atoms with E-state index in [9.17, 15) is 8.78 Å². The number of rotatable bonds is 5. The largest absolute Gasteiger partial charge is 0.494 e. The Morgan fingerprint density at radius 3 is 2.50 bits per heavy atom. The second-order valence-corrected chi connectivity index (χ2v) is 6.34. The number of aromatic nitrogens is 1. The summed E-state index contributed by atoms with van der Waals surface area (Å²) in [5, 5.41) is 3.91. The fraction of sp³-hybridized carbons (Fsp3) is 0.167. The number of hydrogen-bond acceptors (Lipinski definition) is 4. The molecular formula is C18H16F2N2OS. The van der Waals surface area contributed by atoms with E-state index >= 15 is 0 Å². The summed E-state index contributed by atoms with van der Waals surface area (Å²) in [7, 11) is 0. The monoisotopic (exact) mass is 346 g/mol. The van der Waals surface area contributed by atoms with Crippen LogP contribution in [0.1, 0.15) is 11.8 Å². The summed E-state index contributed by atoms with van der Waals surface area (Å²) in [6.45, 7) is 4.46. The van der Waals surface area contributed by atoms with Gasteiger partial charge in [0.1, 0.15) is 5.75 Å². The predicted octanol–water partition coefficient (Wildman–Crippen LogP) is 5.54. The van der Waals surface area contributed by atoms with E-state index in [1.807, 2.05) is 38.1 Å². The van der Waals surface area contributed by atoms with Gasteiger partial charge in [-0.05, 0) is 56.3 Å². The normalized spacial score (nSPS) is 10.7. The fourth-order valence-corrected chi connectivity index (χ4v) is 3.14. The third kappa shape index (κ3) is 3.54. The Labute approximate surface area is 142 Å². The van der Waals surface area contributed by atoms with Gasteiger partial charge in [0, 0.05) is 16.1 Å². The first-order valence-corrected chi connectivity index (χ1v) is 8.31. The van der Waals surface area contributed by atoms with Crippen molar-refractivity contribution in [2.24, 2.45) is 0 Å². The number of anilines is 2. The molecule has 0 aliphatic heterocycles. The molecule has 0 atom stereocenters. The summed E-state index contributed by atoms with van der Waals surface area (Å²) in [6, 6.07) is 11.4. The van der Waals surface area contributed by atoms with E-state index < -0.39 is 11.6 Å². The van der Waals surface area contributed by atoms with Gasteiger partial charge in [0.15, 0.2) is 16.8 Å². The van der Waals surface area contributed by atoms with Crippen molar-refractivity contribution in [1.29, 1.82) is 0 Å². The third-order valence-corrected chi connectivity index (χ3v) is 4.29. The van der Waals surface area contributed by atoms with Gasteiger partial charge < -0.3 is 10.1 Å². The van der Waals surface area contributed by atoms with Crippen LogP contribution in [0.5, 0.6) is 5.75 Å². The van der Waals surface area contributed by atoms with Crippen LogP contribution in [0.4, 0.5) is 19.6 Å². The van der Waals surface area contributed by atoms with E-state index in [-0.39, 0.29) is 0 Å². The molecule has 1 heterocycles. The molecule has 0 aliphatic rings. The van der Waals surface area contributed by atoms with Gasteiger partial charge in [-0.25, -0.2) is 13.8 Å². The minimum Gasteiger partial charge on any atom is -0.494 e. The van der Waals surface area contributed by atoms with Crippen LogP contribution < -0.4 is 10.1 Å². The molecule has 0 bridgehead atoms. The van der Waals surface area contributed by atoms with Gasteiger partial charge in [-0.3, -0.25) is 0 Å². The maximum absolute atomic E-state index is 13.4. The number of nitrogens with zero attached hydrogens (tertiary/aromatic N) is 1. The van der Waals surface area contributed by atoms with Crippen molar-refractivity contribution in [3.05, 3.63) is 59.0 Å².